The van der Waals surface area contributed by atoms with Gasteiger partial charge in [-0.2, -0.15) is 0 Å². The average Bonchev–Trinajstić information content (AvgIpc) is 2.90. The van der Waals surface area contributed by atoms with Gasteiger partial charge in [-0.05, 0) is 0 Å². The van der Waals surface area contributed by atoms with Gasteiger partial charge in [-0.3, -0.25) is 0 Å². The smallest absolute Gasteiger partial charge is 0.172 e. The number of hydrogen-bond acceptors (Lipinski definition) is 16. The van der Waals surface area contributed by atoms with Crippen LogP contribution in [0.2, 0.25) is 0 Å². The first-order chi connectivity index (χ1) is 18.0. The molecule has 0 bridgehead atoms. The molecule has 14 N–H and O–H groups in total. The zero-order valence-electron chi connectivity index (χ0n) is 21.0. The highest BCUT2D eigenvalue weighted by molar-refractivity contribution is 5.01. The molecule has 3 aliphatic rings. The molecular formula is C22H43N3O13. The summed E-state index contributed by atoms with van der Waals surface area (Å²) in [5.74, 6) is -0.759. The van der Waals surface area contributed by atoms with Crippen molar-refractivity contribution in [1.29, 1.82) is 0 Å². The molecule has 9 unspecified atom stereocenters. The summed E-state index contributed by atoms with van der Waals surface area (Å²) in [4.78, 5) is 0. The maximum Gasteiger partial charge on any atom is 0.172 e. The van der Waals surface area contributed by atoms with Crippen molar-refractivity contribution >= 4 is 0 Å². The van der Waals surface area contributed by atoms with Gasteiger partial charge in [0, 0.05) is 12.3 Å². The highest BCUT2D eigenvalue weighted by Crippen LogP contribution is 2.30. The Morgan fingerprint density at radius 3 is 1.97 bits per heavy atom. The van der Waals surface area contributed by atoms with Crippen molar-refractivity contribution in [1.82, 2.24) is 0 Å². The van der Waals surface area contributed by atoms with Gasteiger partial charge >= 0.3 is 0 Å². The van der Waals surface area contributed by atoms with Crippen LogP contribution in [0.25, 0.3) is 0 Å². The molecule has 3 heterocycles. The molecule has 3 saturated heterocycles. The van der Waals surface area contributed by atoms with E-state index in [0.29, 0.717) is 0 Å². The van der Waals surface area contributed by atoms with E-state index in [1.807, 2.05) is 0 Å². The molecule has 0 aliphatic carbocycles. The predicted molar refractivity (Wildman–Crippen MR) is 126 cm³/mol. The van der Waals surface area contributed by atoms with Crippen molar-refractivity contribution in [3.8, 4) is 0 Å². The summed E-state index contributed by atoms with van der Waals surface area (Å²) in [7, 11) is 0. The summed E-state index contributed by atoms with van der Waals surface area (Å²) in [6.45, 7) is -2.22. The third kappa shape index (κ3) is 6.98. The predicted octanol–water partition coefficient (Wildman–Crippen LogP) is -6.95. The molecule has 16 heteroatoms. The van der Waals surface area contributed by atoms with Crippen molar-refractivity contribution in [2.45, 2.75) is 85.3 Å². The Morgan fingerprint density at radius 1 is 0.684 bits per heavy atom. The number of ether oxygens (including phenoxy) is 5. The lowest BCUT2D eigenvalue weighted by molar-refractivity contribution is -0.244. The van der Waals surface area contributed by atoms with Gasteiger partial charge in [0.05, 0.1) is 94.9 Å². The van der Waals surface area contributed by atoms with E-state index in [2.05, 4.69) is 0 Å². The van der Waals surface area contributed by atoms with Gasteiger partial charge in [-0.1, -0.05) is 0 Å². The van der Waals surface area contributed by atoms with Gasteiger partial charge in [0.15, 0.2) is 6.29 Å². The van der Waals surface area contributed by atoms with Crippen LogP contribution < -0.4 is 17.2 Å². The molecule has 0 spiro atoms. The number of rotatable bonds is 11. The van der Waals surface area contributed by atoms with E-state index in [9.17, 15) is 40.9 Å². The zero-order chi connectivity index (χ0) is 28.2. The summed E-state index contributed by atoms with van der Waals surface area (Å²) in [6, 6.07) is -3.14. The zero-order valence-corrected chi connectivity index (χ0v) is 21.0. The molecule has 3 aliphatic heterocycles. The molecule has 3 fully saturated rings. The number of aliphatic hydroxyl groups excluding tert-OH is 7. The summed E-state index contributed by atoms with van der Waals surface area (Å²) < 4.78 is 27.8. The maximum absolute atomic E-state index is 11.3. The van der Waals surface area contributed by atoms with Crippen LogP contribution >= 0.6 is 0 Å². The monoisotopic (exact) mass is 557 g/mol. The topological polar surface area (TPSA) is 286 Å². The van der Waals surface area contributed by atoms with Crippen LogP contribution in [0, 0.1) is 5.92 Å². The van der Waals surface area contributed by atoms with E-state index in [1.54, 1.807) is 0 Å². The first-order valence-corrected chi connectivity index (χ1v) is 12.6. The van der Waals surface area contributed by atoms with Crippen molar-refractivity contribution in [3.63, 3.8) is 0 Å². The lowest BCUT2D eigenvalue weighted by atomic mass is 9.83. The number of aliphatic hydroxyl groups is 8. The van der Waals surface area contributed by atoms with Crippen LogP contribution in [0.15, 0.2) is 0 Å². The lowest BCUT2D eigenvalue weighted by Crippen LogP contribution is -2.66. The number of hydrogen-bond donors (Lipinski definition) is 11. The van der Waals surface area contributed by atoms with Crippen LogP contribution in [0.4, 0.5) is 0 Å². The minimum atomic E-state index is -1.67. The van der Waals surface area contributed by atoms with Gasteiger partial charge < -0.3 is 81.7 Å². The Kier molecular flexibility index (Phi) is 11.6. The average molecular weight is 558 g/mol. The van der Waals surface area contributed by atoms with Gasteiger partial charge in [0.25, 0.3) is 0 Å². The summed E-state index contributed by atoms with van der Waals surface area (Å²) >= 11 is 0. The highest BCUT2D eigenvalue weighted by Gasteiger charge is 2.49. The fourth-order valence-corrected chi connectivity index (χ4v) is 5.13. The summed E-state index contributed by atoms with van der Waals surface area (Å²) in [6.07, 6.45) is -9.97. The highest BCUT2D eigenvalue weighted by atomic mass is 16.6. The standard InChI is InChI=1S/C22H43N3O13/c23-15-13(37-12(4-28)18(30)19(15)31)6-35-8-22(33)1-9(2-26)36-14(20(22)25)7-34-5-10-11(3-27)38-21(32)16(24)17(10)29/h9-21,26-33H,1-8,23-25H2/t9?,10-,11?,12?,13+,14+,15?,16?,17?,18-,19?,20?,21-,22?/m1/s1. The molecule has 224 valence electrons. The van der Waals surface area contributed by atoms with E-state index in [1.165, 1.54) is 0 Å². The largest absolute Gasteiger partial charge is 0.394 e. The van der Waals surface area contributed by atoms with E-state index in [4.69, 9.17) is 40.9 Å². The van der Waals surface area contributed by atoms with Gasteiger partial charge in [-0.15, -0.1) is 0 Å². The first-order valence-electron chi connectivity index (χ1n) is 12.6. The molecule has 38 heavy (non-hydrogen) atoms. The quantitative estimate of drug-likeness (QED) is 0.112. The molecule has 0 aromatic carbocycles. The van der Waals surface area contributed by atoms with Gasteiger partial charge in [0.2, 0.25) is 0 Å². The Balaban J connectivity index is 1.56. The van der Waals surface area contributed by atoms with Crippen LogP contribution in [-0.4, -0.2) is 166 Å². The van der Waals surface area contributed by atoms with Gasteiger partial charge in [0.1, 0.15) is 23.9 Å². The fourth-order valence-electron chi connectivity index (χ4n) is 5.13. The maximum atomic E-state index is 11.3. The molecule has 0 aromatic rings. The SMILES string of the molecule is NC1C(O)[C@H](COC[C@@H]2OC(CO)CC(O)(COC[C@@H]3OC(CO)[C@@H](O)C(O)C3N)C2N)C(CO)O[C@H]1O. The molecule has 0 saturated carbocycles. The van der Waals surface area contributed by atoms with E-state index >= 15 is 0 Å². The molecular weight excluding hydrogens is 514 g/mol. The molecule has 0 amide bonds. The lowest BCUT2D eigenvalue weighted by Gasteiger charge is -2.46. The molecule has 14 atom stereocenters. The van der Waals surface area contributed by atoms with Crippen molar-refractivity contribution in [3.05, 3.63) is 0 Å². The normalized spacial score (nSPS) is 48.2. The molecule has 0 radical (unpaired) electrons. The van der Waals surface area contributed by atoms with Crippen LogP contribution in [-0.2, 0) is 23.7 Å². The van der Waals surface area contributed by atoms with Crippen LogP contribution in [0.3, 0.4) is 0 Å². The third-order valence-electron chi connectivity index (χ3n) is 7.62. The second kappa shape index (κ2) is 13.8. The second-order valence-corrected chi connectivity index (χ2v) is 10.3. The van der Waals surface area contributed by atoms with Crippen molar-refractivity contribution in [2.75, 3.05) is 46.2 Å². The summed E-state index contributed by atoms with van der Waals surface area (Å²) in [5, 5.41) is 80.1. The minimum absolute atomic E-state index is 0.0617. The fraction of sp³-hybridized carbons (Fsp3) is 1.00. The van der Waals surface area contributed by atoms with E-state index < -0.39 is 105 Å². The minimum Gasteiger partial charge on any atom is -0.394 e. The summed E-state index contributed by atoms with van der Waals surface area (Å²) in [5.41, 5.74) is 16.3. The van der Waals surface area contributed by atoms with Crippen LogP contribution in [0.5, 0.6) is 0 Å². The molecule has 16 nitrogen and oxygen atoms in total. The Morgan fingerprint density at radius 2 is 1.34 bits per heavy atom. The van der Waals surface area contributed by atoms with Crippen molar-refractivity contribution < 1.29 is 64.5 Å². The number of nitrogens with two attached hydrogens (primary N) is 3. The second-order valence-electron chi connectivity index (χ2n) is 10.3. The Bertz CT molecular complexity index is 724. The van der Waals surface area contributed by atoms with E-state index in [0.717, 1.165) is 0 Å². The molecule has 0 aromatic heterocycles. The Labute approximate surface area is 219 Å². The molecule has 3 rings (SSSR count). The first kappa shape index (κ1) is 31.9. The Hall–Kier alpha value is -0.640. The van der Waals surface area contributed by atoms with Gasteiger partial charge in [-0.25, -0.2) is 0 Å². The van der Waals surface area contributed by atoms with E-state index in [-0.39, 0.29) is 32.8 Å². The van der Waals surface area contributed by atoms with Crippen LogP contribution in [0.1, 0.15) is 6.42 Å². The third-order valence-corrected chi connectivity index (χ3v) is 7.62. The van der Waals surface area contributed by atoms with Crippen molar-refractivity contribution in [2.24, 2.45) is 23.1 Å².